The number of nitrogens with one attached hydrogen (secondary N) is 3. The molecule has 112 valence electrons. The third-order valence-electron chi connectivity index (χ3n) is 3.03. The van der Waals surface area contributed by atoms with Gasteiger partial charge in [-0.2, -0.15) is 13.2 Å². The normalized spacial score (nSPS) is 21.7. The van der Waals surface area contributed by atoms with Gasteiger partial charge in [0.25, 0.3) is 5.84 Å². The highest BCUT2D eigenvalue weighted by Gasteiger charge is 2.69. The van der Waals surface area contributed by atoms with Crippen molar-refractivity contribution in [1.29, 1.82) is 0 Å². The first-order valence-electron chi connectivity index (χ1n) is 6.20. The number of halogens is 3. The van der Waals surface area contributed by atoms with Gasteiger partial charge in [0, 0.05) is 6.42 Å². The Hall–Kier alpha value is -2.38. The van der Waals surface area contributed by atoms with Crippen LogP contribution in [-0.4, -0.2) is 29.5 Å². The second kappa shape index (κ2) is 5.19. The molecule has 0 aromatic heterocycles. The van der Waals surface area contributed by atoms with Crippen molar-refractivity contribution in [2.45, 2.75) is 25.2 Å². The van der Waals surface area contributed by atoms with Gasteiger partial charge in [-0.25, -0.2) is 15.1 Å². The van der Waals surface area contributed by atoms with Crippen molar-refractivity contribution in [1.82, 2.24) is 10.6 Å². The minimum absolute atomic E-state index is 0.102. The smallest absolute Gasteiger partial charge is 0.298 e. The van der Waals surface area contributed by atoms with Crippen molar-refractivity contribution >= 4 is 17.6 Å². The van der Waals surface area contributed by atoms with E-state index in [0.29, 0.717) is 5.56 Å². The molecular formula is C13H13F3N3O2+. The first-order valence-corrected chi connectivity index (χ1v) is 6.20. The van der Waals surface area contributed by atoms with Gasteiger partial charge in [0.15, 0.2) is 0 Å². The Morgan fingerprint density at radius 3 is 2.48 bits per heavy atom. The molecule has 1 aromatic carbocycles. The van der Waals surface area contributed by atoms with E-state index in [2.05, 4.69) is 10.3 Å². The van der Waals surface area contributed by atoms with E-state index in [9.17, 15) is 22.8 Å². The number of amidine groups is 1. The standard InChI is InChI=1S/C13H12F3N3O2/c1-2-9(20)18-12(13(14,15)16)11(21)17-10(19-12)8-6-4-3-5-7-8/h3-7H,2H2,1H3,(H,18,20)(H,17,19,21)/p+1/t12-/m0/s1. The Balaban J connectivity index is 2.48. The molecule has 5 nitrogen and oxygen atoms in total. The fourth-order valence-corrected chi connectivity index (χ4v) is 1.89. The molecule has 1 heterocycles. The number of benzene rings is 1. The summed E-state index contributed by atoms with van der Waals surface area (Å²) < 4.78 is 39.9. The molecule has 1 aromatic rings. The second-order valence-corrected chi connectivity index (χ2v) is 4.47. The summed E-state index contributed by atoms with van der Waals surface area (Å²) in [6.07, 6.45) is -5.16. The summed E-state index contributed by atoms with van der Waals surface area (Å²) in [6.45, 7) is 1.40. The Labute approximate surface area is 118 Å². The zero-order valence-electron chi connectivity index (χ0n) is 11.0. The van der Waals surface area contributed by atoms with Gasteiger partial charge >= 0.3 is 17.7 Å². The maximum atomic E-state index is 13.3. The molecule has 2 amide bonds. The molecule has 0 unspecified atom stereocenters. The van der Waals surface area contributed by atoms with Gasteiger partial charge in [0.1, 0.15) is 0 Å². The van der Waals surface area contributed by atoms with Crippen LogP contribution in [0.5, 0.6) is 0 Å². The largest absolute Gasteiger partial charge is 0.465 e. The van der Waals surface area contributed by atoms with Gasteiger partial charge in [0.2, 0.25) is 5.91 Å². The molecule has 21 heavy (non-hydrogen) atoms. The Kier molecular flexibility index (Phi) is 3.71. The van der Waals surface area contributed by atoms with Crippen molar-refractivity contribution in [3.63, 3.8) is 0 Å². The number of carbonyl (C=O) groups is 2. The summed E-state index contributed by atoms with van der Waals surface area (Å²) in [7, 11) is 0. The third-order valence-corrected chi connectivity index (χ3v) is 3.03. The monoisotopic (exact) mass is 300 g/mol. The summed E-state index contributed by atoms with van der Waals surface area (Å²) in [5, 5.41) is 3.85. The highest BCUT2D eigenvalue weighted by Crippen LogP contribution is 2.26. The quantitative estimate of drug-likeness (QED) is 0.699. The van der Waals surface area contributed by atoms with Crippen LogP contribution in [0.3, 0.4) is 0 Å². The van der Waals surface area contributed by atoms with Crippen molar-refractivity contribution in [2.75, 3.05) is 0 Å². The van der Waals surface area contributed by atoms with Crippen LogP contribution in [-0.2, 0) is 9.59 Å². The van der Waals surface area contributed by atoms with Gasteiger partial charge in [-0.15, -0.1) is 0 Å². The minimum atomic E-state index is -4.99. The predicted octanol–water partition coefficient (Wildman–Crippen LogP) is -0.572. The number of hydrogen-bond acceptors (Lipinski definition) is 2. The average Bonchev–Trinajstić information content (AvgIpc) is 2.78. The maximum absolute atomic E-state index is 13.3. The summed E-state index contributed by atoms with van der Waals surface area (Å²) in [4.78, 5) is 25.3. The SMILES string of the molecule is CCC(=O)N[C@]1(C(F)(F)F)[NH+]=C(c2ccccc2)NC1=O. The summed E-state index contributed by atoms with van der Waals surface area (Å²) in [5.41, 5.74) is -2.77. The summed E-state index contributed by atoms with van der Waals surface area (Å²) in [5.74, 6) is -2.35. The van der Waals surface area contributed by atoms with E-state index in [1.807, 2.05) is 0 Å². The maximum Gasteiger partial charge on any atom is 0.465 e. The molecule has 3 N–H and O–H groups in total. The zero-order chi connectivity index (χ0) is 15.7. The van der Waals surface area contributed by atoms with Crippen molar-refractivity contribution in [3.05, 3.63) is 35.9 Å². The molecule has 0 spiro atoms. The van der Waals surface area contributed by atoms with Gasteiger partial charge in [-0.3, -0.25) is 10.1 Å². The van der Waals surface area contributed by atoms with Gasteiger partial charge in [-0.05, 0) is 12.1 Å². The summed E-state index contributed by atoms with van der Waals surface area (Å²) >= 11 is 0. The lowest BCUT2D eigenvalue weighted by atomic mass is 10.1. The van der Waals surface area contributed by atoms with Gasteiger partial charge < -0.3 is 0 Å². The van der Waals surface area contributed by atoms with Crippen molar-refractivity contribution < 1.29 is 27.8 Å². The fourth-order valence-electron chi connectivity index (χ4n) is 1.89. The molecule has 0 saturated heterocycles. The summed E-state index contributed by atoms with van der Waals surface area (Å²) in [6, 6.07) is 8.01. The number of amides is 2. The molecule has 0 saturated carbocycles. The molecule has 0 radical (unpaired) electrons. The first kappa shape index (κ1) is 15.0. The molecule has 0 aliphatic carbocycles. The molecule has 1 aliphatic rings. The van der Waals surface area contributed by atoms with Gasteiger partial charge in [0.05, 0.1) is 5.56 Å². The number of carbonyl (C=O) groups excluding carboxylic acids is 2. The van der Waals surface area contributed by atoms with E-state index < -0.39 is 23.7 Å². The van der Waals surface area contributed by atoms with Crippen LogP contribution in [0.1, 0.15) is 18.9 Å². The van der Waals surface area contributed by atoms with Crippen molar-refractivity contribution in [3.8, 4) is 0 Å². The van der Waals surface area contributed by atoms with E-state index in [0.717, 1.165) is 0 Å². The molecule has 2 rings (SSSR count). The van der Waals surface area contributed by atoms with E-state index >= 15 is 0 Å². The lowest BCUT2D eigenvalue weighted by Crippen LogP contribution is -2.96. The Morgan fingerprint density at radius 2 is 1.95 bits per heavy atom. The fraction of sp³-hybridized carbons (Fsp3) is 0.308. The molecule has 1 atom stereocenters. The molecule has 8 heteroatoms. The average molecular weight is 300 g/mol. The number of alkyl halides is 3. The van der Waals surface area contributed by atoms with Crippen LogP contribution >= 0.6 is 0 Å². The Bertz CT molecular complexity index is 598. The van der Waals surface area contributed by atoms with Crippen LogP contribution in [0.4, 0.5) is 13.2 Å². The van der Waals surface area contributed by atoms with Crippen LogP contribution in [0.25, 0.3) is 0 Å². The Morgan fingerprint density at radius 1 is 1.33 bits per heavy atom. The van der Waals surface area contributed by atoms with Crippen LogP contribution in [0.2, 0.25) is 0 Å². The van der Waals surface area contributed by atoms with E-state index in [-0.39, 0.29) is 12.3 Å². The number of rotatable bonds is 3. The predicted molar refractivity (Wildman–Crippen MR) is 66.9 cm³/mol. The lowest BCUT2D eigenvalue weighted by molar-refractivity contribution is -0.581. The van der Waals surface area contributed by atoms with Crippen LogP contribution in [0, 0.1) is 0 Å². The molecular weight excluding hydrogens is 287 g/mol. The van der Waals surface area contributed by atoms with Crippen LogP contribution in [0.15, 0.2) is 30.3 Å². The van der Waals surface area contributed by atoms with E-state index in [1.165, 1.54) is 19.1 Å². The molecule has 0 bridgehead atoms. The van der Waals surface area contributed by atoms with E-state index in [1.54, 1.807) is 23.5 Å². The minimum Gasteiger partial charge on any atom is -0.298 e. The zero-order valence-corrected chi connectivity index (χ0v) is 11.0. The molecule has 1 aliphatic heterocycles. The topological polar surface area (TPSA) is 72.2 Å². The van der Waals surface area contributed by atoms with Crippen LogP contribution < -0.4 is 15.6 Å². The highest BCUT2D eigenvalue weighted by molar-refractivity contribution is 6.11. The molecule has 0 fully saturated rings. The number of hydrogen-bond donors (Lipinski definition) is 3. The van der Waals surface area contributed by atoms with Gasteiger partial charge in [-0.1, -0.05) is 25.1 Å². The lowest BCUT2D eigenvalue weighted by Gasteiger charge is -2.23. The first-order chi connectivity index (χ1) is 9.80. The highest BCUT2D eigenvalue weighted by atomic mass is 19.4. The van der Waals surface area contributed by atoms with E-state index in [4.69, 9.17) is 0 Å². The third kappa shape index (κ3) is 2.61. The van der Waals surface area contributed by atoms with Crippen molar-refractivity contribution in [2.24, 2.45) is 0 Å². The second-order valence-electron chi connectivity index (χ2n) is 4.47.